The summed E-state index contributed by atoms with van der Waals surface area (Å²) in [7, 11) is 9.87. The summed E-state index contributed by atoms with van der Waals surface area (Å²) in [4.78, 5) is 0. The van der Waals surface area contributed by atoms with Crippen LogP contribution in [0.25, 0.3) is 23.3 Å². The second kappa shape index (κ2) is 12.0. The van der Waals surface area contributed by atoms with Crippen molar-refractivity contribution in [3.8, 4) is 0 Å². The van der Waals surface area contributed by atoms with Gasteiger partial charge >= 0.3 is 37.9 Å². The Kier molecular flexibility index (Phi) is 8.56. The van der Waals surface area contributed by atoms with Crippen molar-refractivity contribution < 1.29 is 20.8 Å². The molecule has 4 aromatic carbocycles. The zero-order valence-electron chi connectivity index (χ0n) is 21.2. The zero-order valence-corrected chi connectivity index (χ0v) is 25.2. The van der Waals surface area contributed by atoms with Gasteiger partial charge in [0.1, 0.15) is 0 Å². The summed E-state index contributed by atoms with van der Waals surface area (Å²) in [6.45, 7) is 4.47. The minimum atomic E-state index is -0.826. The van der Waals surface area contributed by atoms with Crippen LogP contribution in [-0.2, 0) is 40.1 Å². The molecule has 0 radical (unpaired) electrons. The van der Waals surface area contributed by atoms with Crippen LogP contribution in [0.3, 0.4) is 0 Å². The predicted molar refractivity (Wildman–Crippen MR) is 157 cm³/mol. The fraction of sp³-hybridized carbons (Fsp3) is 0.147. The first-order valence-electron chi connectivity index (χ1n) is 12.6. The molecule has 0 spiro atoms. The molecule has 0 fully saturated rings. The molecule has 0 heterocycles. The third-order valence-corrected chi connectivity index (χ3v) is 7.49. The summed E-state index contributed by atoms with van der Waals surface area (Å²) in [6, 6.07) is 30.9. The molecule has 0 bridgehead atoms. The third-order valence-electron chi connectivity index (χ3n) is 7.49. The van der Waals surface area contributed by atoms with Crippen molar-refractivity contribution >= 4 is 40.3 Å². The van der Waals surface area contributed by atoms with E-state index in [2.05, 4.69) is 117 Å². The molecule has 0 aromatic heterocycles. The quantitative estimate of drug-likeness (QED) is 0.200. The van der Waals surface area contributed by atoms with Crippen LogP contribution in [0.5, 0.6) is 0 Å². The van der Waals surface area contributed by atoms with E-state index in [-0.39, 0.29) is 0 Å². The van der Waals surface area contributed by atoms with Gasteiger partial charge in [0.15, 0.2) is 0 Å². The maximum absolute atomic E-state index is 4.93. The van der Waals surface area contributed by atoms with Crippen LogP contribution in [0, 0.1) is 20.3 Å². The number of allylic oxidation sites excluding steroid dienone is 2. The third kappa shape index (κ3) is 5.75. The molecule has 2 aliphatic carbocycles. The second-order valence-corrected chi connectivity index (χ2v) is 13.4. The molecule has 37 heavy (non-hydrogen) atoms. The van der Waals surface area contributed by atoms with Crippen molar-refractivity contribution in [1.29, 1.82) is 0 Å². The molecular formula is C34H29Cl2Zr-. The molecule has 184 valence electrons. The number of aryl methyl sites for hydroxylation is 2. The van der Waals surface area contributed by atoms with E-state index in [4.69, 9.17) is 17.0 Å². The summed E-state index contributed by atoms with van der Waals surface area (Å²) in [5.41, 5.74) is 16.9. The number of benzene rings is 4. The molecule has 0 nitrogen and oxygen atoms in total. The average Bonchev–Trinajstić information content (AvgIpc) is 3.58. The molecule has 4 aromatic rings. The van der Waals surface area contributed by atoms with Gasteiger partial charge in [0, 0.05) is 0 Å². The average molecular weight is 600 g/mol. The number of hydrogen-bond acceptors (Lipinski definition) is 0. The molecule has 0 aliphatic heterocycles. The summed E-state index contributed by atoms with van der Waals surface area (Å²) in [6.07, 6.45) is 10.3. The first-order valence-corrected chi connectivity index (χ1v) is 19.0. The van der Waals surface area contributed by atoms with E-state index in [0.29, 0.717) is 0 Å². The van der Waals surface area contributed by atoms with Gasteiger partial charge in [-0.15, -0.1) is 11.6 Å². The zero-order chi connectivity index (χ0) is 25.8. The van der Waals surface area contributed by atoms with E-state index in [1.165, 1.54) is 66.8 Å². The molecular weight excluding hydrogens is 571 g/mol. The Morgan fingerprint density at radius 2 is 1.14 bits per heavy atom. The summed E-state index contributed by atoms with van der Waals surface area (Å²) in [5, 5.41) is 0. The van der Waals surface area contributed by atoms with E-state index >= 15 is 0 Å². The van der Waals surface area contributed by atoms with Gasteiger partial charge in [-0.25, -0.2) is 0 Å². The standard InChI is InChI=1S/C34H29.2ClH.Zr/c1-23-13-15-27(33-21-29(19-31(23)33)25-9-5-3-6-10-25)17-18-28-16-14-24(2)32-20-30(22-34(28)32)26-11-7-4-8-12-26;;;/h3-17,19-20H,18,21-22H2,1-2H3;2*1H;/q-1;;;+2/p-2. The van der Waals surface area contributed by atoms with Crippen molar-refractivity contribution in [1.82, 2.24) is 0 Å². The molecule has 0 amide bonds. The predicted octanol–water partition coefficient (Wildman–Crippen LogP) is 9.67. The molecule has 2 aliphatic rings. The van der Waals surface area contributed by atoms with Crippen LogP contribution < -0.4 is 0 Å². The normalized spacial score (nSPS) is 13.1. The molecule has 0 N–H and O–H groups in total. The Bertz CT molecular complexity index is 1350. The van der Waals surface area contributed by atoms with E-state index < -0.39 is 20.8 Å². The maximum atomic E-state index is 4.93. The van der Waals surface area contributed by atoms with Crippen molar-refractivity contribution in [3.05, 3.63) is 147 Å². The Hall–Kier alpha value is -2.31. The first-order chi connectivity index (χ1) is 18.1. The summed E-state index contributed by atoms with van der Waals surface area (Å²) < 4.78 is 0. The van der Waals surface area contributed by atoms with Crippen LogP contribution in [0.4, 0.5) is 0 Å². The van der Waals surface area contributed by atoms with Gasteiger partial charge in [-0.05, 0) is 65.7 Å². The molecule has 0 unspecified atom stereocenters. The van der Waals surface area contributed by atoms with Crippen LogP contribution in [-0.4, -0.2) is 0 Å². The molecule has 6 rings (SSSR count). The fourth-order valence-corrected chi connectivity index (χ4v) is 5.54. The Morgan fingerprint density at radius 1 is 0.649 bits per heavy atom. The van der Waals surface area contributed by atoms with Crippen LogP contribution >= 0.6 is 17.0 Å². The van der Waals surface area contributed by atoms with E-state index in [1.54, 1.807) is 0 Å². The monoisotopic (exact) mass is 597 g/mol. The Balaban J connectivity index is 0.000000892. The number of hydrogen-bond donors (Lipinski definition) is 0. The Labute approximate surface area is 239 Å². The van der Waals surface area contributed by atoms with Crippen LogP contribution in [0.15, 0.2) is 84.9 Å². The van der Waals surface area contributed by atoms with Crippen LogP contribution in [0.2, 0.25) is 0 Å². The first kappa shape index (κ1) is 26.3. The molecule has 0 saturated heterocycles. The Morgan fingerprint density at radius 3 is 1.70 bits per heavy atom. The van der Waals surface area contributed by atoms with Gasteiger partial charge < -0.3 is 0 Å². The van der Waals surface area contributed by atoms with Gasteiger partial charge in [0.25, 0.3) is 0 Å². The number of halogens is 2. The molecule has 0 saturated carbocycles. The summed E-state index contributed by atoms with van der Waals surface area (Å²) >= 11 is -0.826. The van der Waals surface area contributed by atoms with Gasteiger partial charge in [-0.3, -0.25) is 0 Å². The fourth-order valence-electron chi connectivity index (χ4n) is 5.54. The number of rotatable bonds is 5. The van der Waals surface area contributed by atoms with Crippen molar-refractivity contribution in [3.63, 3.8) is 0 Å². The molecule has 0 atom stereocenters. The number of fused-ring (bicyclic) bond motifs is 2. The van der Waals surface area contributed by atoms with Gasteiger partial charge in [0.2, 0.25) is 0 Å². The molecule has 3 heteroatoms. The van der Waals surface area contributed by atoms with E-state index in [9.17, 15) is 0 Å². The minimum absolute atomic E-state index is 0.826. The SMILES string of the molecule is Cc1ccc([CH-]Cc2ccc(C)c3c2CC(c2ccccc2)=C3)c2c1C=C(c1ccccc1)C2.[Cl][Zr][Cl]. The van der Waals surface area contributed by atoms with E-state index in [1.807, 2.05) is 0 Å². The van der Waals surface area contributed by atoms with Gasteiger partial charge in [-0.1, -0.05) is 108 Å². The van der Waals surface area contributed by atoms with Gasteiger partial charge in [-0.2, -0.15) is 18.1 Å². The second-order valence-electron chi connectivity index (χ2n) is 9.70. The van der Waals surface area contributed by atoms with Crippen molar-refractivity contribution in [2.75, 3.05) is 0 Å². The van der Waals surface area contributed by atoms with Crippen molar-refractivity contribution in [2.45, 2.75) is 33.1 Å². The van der Waals surface area contributed by atoms with Gasteiger partial charge in [0.05, 0.1) is 0 Å². The topological polar surface area (TPSA) is 0 Å². The van der Waals surface area contributed by atoms with E-state index in [0.717, 1.165) is 19.3 Å². The summed E-state index contributed by atoms with van der Waals surface area (Å²) in [5.74, 6) is 0. The van der Waals surface area contributed by atoms with Crippen molar-refractivity contribution in [2.24, 2.45) is 0 Å². The van der Waals surface area contributed by atoms with Crippen LogP contribution in [0.1, 0.15) is 55.6 Å².